The van der Waals surface area contributed by atoms with Gasteiger partial charge in [0.2, 0.25) is 0 Å². The van der Waals surface area contributed by atoms with E-state index in [-0.39, 0.29) is 36.0 Å². The number of esters is 2. The van der Waals surface area contributed by atoms with Gasteiger partial charge >= 0.3 is 11.9 Å². The fourth-order valence-corrected chi connectivity index (χ4v) is 5.38. The Morgan fingerprint density at radius 2 is 1.81 bits per heavy atom. The monoisotopic (exact) mass is 378 g/mol. The summed E-state index contributed by atoms with van der Waals surface area (Å²) in [7, 11) is 1.53. The zero-order chi connectivity index (χ0) is 19.7. The van der Waals surface area contributed by atoms with Crippen LogP contribution in [0.1, 0.15) is 33.6 Å². The van der Waals surface area contributed by atoms with Gasteiger partial charge in [-0.3, -0.25) is 4.79 Å². The number of rotatable bonds is 2. The maximum Gasteiger partial charge on any atom is 0.334 e. The average molecular weight is 378 g/mol. The molecule has 2 saturated heterocycles. The fraction of sp³-hybridized carbons (Fsp3) is 0.700. The van der Waals surface area contributed by atoms with Crippen LogP contribution in [0.3, 0.4) is 0 Å². The first-order valence-electron chi connectivity index (χ1n) is 9.27. The van der Waals surface area contributed by atoms with Crippen LogP contribution in [0.5, 0.6) is 0 Å². The number of methoxy groups -OCH3 is 1. The third-order valence-electron chi connectivity index (χ3n) is 6.84. The largest absolute Gasteiger partial charge is 0.458 e. The summed E-state index contributed by atoms with van der Waals surface area (Å²) in [5, 5.41) is 0. The lowest BCUT2D eigenvalue weighted by Crippen LogP contribution is -2.69. The number of ether oxygens (including phenoxy) is 5. The summed E-state index contributed by atoms with van der Waals surface area (Å²) < 4.78 is 29.1. The maximum absolute atomic E-state index is 12.2. The number of hydrogen-bond acceptors (Lipinski definition) is 7. The van der Waals surface area contributed by atoms with E-state index in [1.807, 2.05) is 0 Å². The molecule has 0 aromatic carbocycles. The molecule has 8 unspecified atom stereocenters. The molecule has 4 rings (SSSR count). The lowest BCUT2D eigenvalue weighted by atomic mass is 9.52. The van der Waals surface area contributed by atoms with Crippen LogP contribution in [0.2, 0.25) is 0 Å². The van der Waals surface area contributed by atoms with E-state index in [4.69, 9.17) is 23.7 Å². The third kappa shape index (κ3) is 2.52. The predicted octanol–water partition coefficient (Wildman–Crippen LogP) is 2.11. The van der Waals surface area contributed by atoms with Crippen molar-refractivity contribution in [3.05, 3.63) is 24.3 Å². The Morgan fingerprint density at radius 1 is 1.19 bits per heavy atom. The van der Waals surface area contributed by atoms with E-state index in [0.29, 0.717) is 18.4 Å². The lowest BCUT2D eigenvalue weighted by molar-refractivity contribution is -0.458. The molecule has 0 radical (unpaired) electrons. The molecule has 7 heteroatoms. The molecule has 0 aromatic heterocycles. The molecule has 0 bridgehead atoms. The number of hydrogen-bond donors (Lipinski definition) is 0. The maximum atomic E-state index is 12.2. The van der Waals surface area contributed by atoms with Crippen LogP contribution in [0.25, 0.3) is 0 Å². The minimum atomic E-state index is -1.21. The summed E-state index contributed by atoms with van der Waals surface area (Å²) in [6, 6.07) is 0. The number of fused-ring (bicyclic) bond motifs is 2. The number of carbonyl (C=O) groups excluding carboxylic acids is 2. The minimum absolute atomic E-state index is 0.173. The summed E-state index contributed by atoms with van der Waals surface area (Å²) in [6.45, 7) is 13.3. The van der Waals surface area contributed by atoms with Gasteiger partial charge < -0.3 is 23.7 Å². The van der Waals surface area contributed by atoms with Crippen molar-refractivity contribution in [1.82, 2.24) is 0 Å². The van der Waals surface area contributed by atoms with Crippen molar-refractivity contribution in [2.75, 3.05) is 7.11 Å². The molecule has 2 aliphatic carbocycles. The summed E-state index contributed by atoms with van der Waals surface area (Å²) in [6.07, 6.45) is -0.429. The van der Waals surface area contributed by atoms with Crippen molar-refractivity contribution >= 4 is 11.9 Å². The Balaban J connectivity index is 1.80. The van der Waals surface area contributed by atoms with Crippen LogP contribution in [0.15, 0.2) is 24.3 Å². The van der Waals surface area contributed by atoms with E-state index in [1.54, 1.807) is 6.92 Å². The van der Waals surface area contributed by atoms with E-state index >= 15 is 0 Å². The van der Waals surface area contributed by atoms with Crippen molar-refractivity contribution in [2.45, 2.75) is 64.0 Å². The molecule has 0 spiro atoms. The van der Waals surface area contributed by atoms with Crippen LogP contribution < -0.4 is 0 Å². The van der Waals surface area contributed by atoms with Crippen LogP contribution in [0, 0.1) is 17.3 Å². The molecule has 148 valence electrons. The lowest BCUT2D eigenvalue weighted by Gasteiger charge is -2.62. The average Bonchev–Trinajstić information content (AvgIpc) is 2.86. The van der Waals surface area contributed by atoms with Gasteiger partial charge in [-0.2, -0.15) is 0 Å². The molecule has 0 N–H and O–H groups in total. The molecule has 4 aliphatic rings. The van der Waals surface area contributed by atoms with Gasteiger partial charge in [-0.25, -0.2) is 4.79 Å². The van der Waals surface area contributed by atoms with E-state index in [2.05, 4.69) is 20.1 Å². The van der Waals surface area contributed by atoms with Gasteiger partial charge in [-0.05, 0) is 12.0 Å². The number of carbonyl (C=O) groups is 2. The summed E-state index contributed by atoms with van der Waals surface area (Å²) in [5.41, 5.74) is 0.701. The quantitative estimate of drug-likeness (QED) is 0.414. The summed E-state index contributed by atoms with van der Waals surface area (Å²) in [4.78, 5) is 23.9. The standard InChI is InChI=1S/C20H26O7/c1-9-12-7-14-19(4)15(27-20(5,23-6)26-14)8-13(24-11(3)21)10(2)16(19)17(12)25-18(9)22/h12-17H,1-2,7-8H2,3-6H3. The second kappa shape index (κ2) is 5.90. The normalized spacial score (nSPS) is 48.5. The highest BCUT2D eigenvalue weighted by Crippen LogP contribution is 2.62. The summed E-state index contributed by atoms with van der Waals surface area (Å²) >= 11 is 0. The molecule has 0 aromatic rings. The molecular formula is C20H26O7. The van der Waals surface area contributed by atoms with E-state index < -0.39 is 23.6 Å². The zero-order valence-corrected chi connectivity index (χ0v) is 16.2. The van der Waals surface area contributed by atoms with E-state index in [9.17, 15) is 9.59 Å². The van der Waals surface area contributed by atoms with E-state index in [0.717, 1.165) is 5.57 Å². The van der Waals surface area contributed by atoms with Crippen LogP contribution in [-0.4, -0.2) is 49.4 Å². The van der Waals surface area contributed by atoms with Gasteiger partial charge in [0, 0.05) is 50.2 Å². The van der Waals surface area contributed by atoms with Gasteiger partial charge in [-0.15, -0.1) is 0 Å². The van der Waals surface area contributed by atoms with Crippen LogP contribution >= 0.6 is 0 Å². The molecular weight excluding hydrogens is 352 g/mol. The molecule has 2 aliphatic heterocycles. The summed E-state index contributed by atoms with van der Waals surface area (Å²) in [5.74, 6) is -2.43. The second-order valence-corrected chi connectivity index (χ2v) is 8.27. The smallest absolute Gasteiger partial charge is 0.334 e. The Kier molecular flexibility index (Phi) is 4.07. The van der Waals surface area contributed by atoms with Gasteiger partial charge in [0.1, 0.15) is 12.2 Å². The zero-order valence-electron chi connectivity index (χ0n) is 16.2. The first-order chi connectivity index (χ1) is 12.6. The molecule has 2 heterocycles. The molecule has 2 saturated carbocycles. The Hall–Kier alpha value is -1.70. The minimum Gasteiger partial charge on any atom is -0.458 e. The molecule has 27 heavy (non-hydrogen) atoms. The molecule has 8 atom stereocenters. The van der Waals surface area contributed by atoms with Crippen molar-refractivity contribution in [3.8, 4) is 0 Å². The highest BCUT2D eigenvalue weighted by molar-refractivity contribution is 5.91. The molecule has 0 amide bonds. The predicted molar refractivity (Wildman–Crippen MR) is 93.2 cm³/mol. The SMILES string of the molecule is C=C1C(=O)OC2C1CC1OC(C)(OC)OC3CC(OC(C)=O)C(=C)C2C31C. The second-order valence-electron chi connectivity index (χ2n) is 8.27. The van der Waals surface area contributed by atoms with Crippen LogP contribution in [0.4, 0.5) is 0 Å². The van der Waals surface area contributed by atoms with Gasteiger partial charge in [0.05, 0.1) is 12.2 Å². The Labute approximate surface area is 158 Å². The van der Waals surface area contributed by atoms with Crippen molar-refractivity contribution in [3.63, 3.8) is 0 Å². The van der Waals surface area contributed by atoms with Gasteiger partial charge in [0.25, 0.3) is 5.97 Å². The van der Waals surface area contributed by atoms with Gasteiger partial charge in [-0.1, -0.05) is 20.1 Å². The molecule has 4 fully saturated rings. The molecule has 7 nitrogen and oxygen atoms in total. The fourth-order valence-electron chi connectivity index (χ4n) is 5.38. The van der Waals surface area contributed by atoms with Gasteiger partial charge in [0.15, 0.2) is 0 Å². The first-order valence-corrected chi connectivity index (χ1v) is 9.27. The highest BCUT2D eigenvalue weighted by Gasteiger charge is 2.68. The highest BCUT2D eigenvalue weighted by atomic mass is 16.9. The Morgan fingerprint density at radius 3 is 2.41 bits per heavy atom. The van der Waals surface area contributed by atoms with Crippen LogP contribution in [-0.2, 0) is 33.3 Å². The first kappa shape index (κ1) is 18.7. The van der Waals surface area contributed by atoms with Crippen molar-refractivity contribution in [1.29, 1.82) is 0 Å². The Bertz CT molecular complexity index is 730. The van der Waals surface area contributed by atoms with E-state index in [1.165, 1.54) is 14.0 Å². The third-order valence-corrected chi connectivity index (χ3v) is 6.84. The van der Waals surface area contributed by atoms with Crippen molar-refractivity contribution < 1.29 is 33.3 Å². The topological polar surface area (TPSA) is 80.3 Å². The van der Waals surface area contributed by atoms with Crippen molar-refractivity contribution in [2.24, 2.45) is 17.3 Å².